The molecule has 2 heterocycles. The number of sulfonamides is 1. The molecule has 1 saturated carbocycles. The summed E-state index contributed by atoms with van der Waals surface area (Å²) in [5, 5.41) is 4.36. The first kappa shape index (κ1) is 16.5. The maximum atomic E-state index is 12.3. The van der Waals surface area contributed by atoms with Gasteiger partial charge in [0.2, 0.25) is 10.0 Å². The molecule has 6 nitrogen and oxygen atoms in total. The quantitative estimate of drug-likeness (QED) is 0.837. The van der Waals surface area contributed by atoms with Crippen molar-refractivity contribution >= 4 is 10.0 Å². The molecule has 0 amide bonds. The lowest BCUT2D eigenvalue weighted by molar-refractivity contribution is 0.255. The first-order valence-corrected chi connectivity index (χ1v) is 10.2. The van der Waals surface area contributed by atoms with Crippen molar-refractivity contribution in [3.8, 4) is 11.3 Å². The number of piperidine rings is 1. The summed E-state index contributed by atoms with van der Waals surface area (Å²) in [6, 6.07) is 13.0. The molecule has 1 saturated heterocycles. The van der Waals surface area contributed by atoms with Crippen LogP contribution in [0.15, 0.2) is 47.3 Å². The maximum absolute atomic E-state index is 12.3. The maximum Gasteiger partial charge on any atom is 0.267 e. The summed E-state index contributed by atoms with van der Waals surface area (Å²) in [4.78, 5) is 12.3. The number of nitrogens with zero attached hydrogens (tertiary/aromatic N) is 3. The third kappa shape index (κ3) is 3.26. The molecular formula is C18H21N3O3S. The van der Waals surface area contributed by atoms with Crippen LogP contribution in [0.25, 0.3) is 11.3 Å². The zero-order chi connectivity index (χ0) is 17.4. The Kier molecular flexibility index (Phi) is 4.21. The summed E-state index contributed by atoms with van der Waals surface area (Å²) in [5.41, 5.74) is 1.58. The smallest absolute Gasteiger partial charge is 0.267 e. The van der Waals surface area contributed by atoms with E-state index in [1.165, 1.54) is 4.68 Å². The monoisotopic (exact) mass is 359 g/mol. The first-order chi connectivity index (χ1) is 12.1. The van der Waals surface area contributed by atoms with Gasteiger partial charge < -0.3 is 0 Å². The predicted octanol–water partition coefficient (Wildman–Crippen LogP) is 2.04. The highest BCUT2D eigenvalue weighted by molar-refractivity contribution is 7.90. The van der Waals surface area contributed by atoms with Crippen LogP contribution in [-0.4, -0.2) is 40.8 Å². The van der Waals surface area contributed by atoms with Crippen molar-refractivity contribution < 1.29 is 8.42 Å². The number of hydrogen-bond acceptors (Lipinski definition) is 4. The van der Waals surface area contributed by atoms with Gasteiger partial charge in [-0.15, -0.1) is 0 Å². The van der Waals surface area contributed by atoms with Gasteiger partial charge in [-0.3, -0.25) is 4.79 Å². The molecule has 2 aliphatic rings. The SMILES string of the molecule is O=c1ccc(-c2ccccc2)nn1C1CCN(S(=O)(=O)C2CC2)CC1. The van der Waals surface area contributed by atoms with Gasteiger partial charge in [0.25, 0.3) is 5.56 Å². The summed E-state index contributed by atoms with van der Waals surface area (Å²) in [6.45, 7) is 0.931. The number of benzene rings is 1. The minimum atomic E-state index is -3.13. The Bertz CT molecular complexity index is 912. The molecule has 2 fully saturated rings. The van der Waals surface area contributed by atoms with Crippen molar-refractivity contribution in [2.24, 2.45) is 0 Å². The second-order valence-electron chi connectivity index (χ2n) is 6.74. The Balaban J connectivity index is 1.54. The number of hydrogen-bond donors (Lipinski definition) is 0. The van der Waals surface area contributed by atoms with Gasteiger partial charge in [-0.05, 0) is 31.7 Å². The van der Waals surface area contributed by atoms with E-state index in [1.54, 1.807) is 16.4 Å². The molecule has 1 aromatic heterocycles. The minimum absolute atomic E-state index is 0.0539. The van der Waals surface area contributed by atoms with Gasteiger partial charge in [-0.25, -0.2) is 17.4 Å². The van der Waals surface area contributed by atoms with Gasteiger partial charge in [0.1, 0.15) is 0 Å². The second-order valence-corrected chi connectivity index (χ2v) is 8.95. The van der Waals surface area contributed by atoms with Crippen LogP contribution in [0, 0.1) is 0 Å². The molecule has 2 aromatic rings. The Labute approximate surface area is 147 Å². The minimum Gasteiger partial charge on any atom is -0.268 e. The molecule has 0 bridgehead atoms. The van der Waals surface area contributed by atoms with E-state index < -0.39 is 10.0 Å². The fourth-order valence-electron chi connectivity index (χ4n) is 3.37. The highest BCUT2D eigenvalue weighted by atomic mass is 32.2. The van der Waals surface area contributed by atoms with Crippen molar-refractivity contribution in [2.75, 3.05) is 13.1 Å². The lowest BCUT2D eigenvalue weighted by Crippen LogP contribution is -2.42. The highest BCUT2D eigenvalue weighted by Crippen LogP contribution is 2.33. The van der Waals surface area contributed by atoms with Crippen LogP contribution in [0.3, 0.4) is 0 Å². The van der Waals surface area contributed by atoms with Crippen LogP contribution >= 0.6 is 0 Å². The van der Waals surface area contributed by atoms with Crippen LogP contribution < -0.4 is 5.56 Å². The van der Waals surface area contributed by atoms with Crippen molar-refractivity contribution in [1.29, 1.82) is 0 Å². The van der Waals surface area contributed by atoms with E-state index in [2.05, 4.69) is 5.10 Å². The van der Waals surface area contributed by atoms with E-state index in [1.807, 2.05) is 30.3 Å². The third-order valence-electron chi connectivity index (χ3n) is 4.97. The van der Waals surface area contributed by atoms with Crippen LogP contribution in [-0.2, 0) is 10.0 Å². The van der Waals surface area contributed by atoms with Crippen molar-refractivity contribution in [2.45, 2.75) is 37.0 Å². The summed E-state index contributed by atoms with van der Waals surface area (Å²) in [6.07, 6.45) is 2.80. The number of aromatic nitrogens is 2. The highest BCUT2D eigenvalue weighted by Gasteiger charge is 2.41. The van der Waals surface area contributed by atoms with Crippen LogP contribution in [0.1, 0.15) is 31.7 Å². The molecule has 0 unspecified atom stereocenters. The average molecular weight is 359 g/mol. The lowest BCUT2D eigenvalue weighted by atomic mass is 10.1. The molecule has 0 N–H and O–H groups in total. The van der Waals surface area contributed by atoms with Crippen molar-refractivity contribution in [3.05, 3.63) is 52.8 Å². The molecule has 4 rings (SSSR count). The molecule has 0 spiro atoms. The zero-order valence-corrected chi connectivity index (χ0v) is 14.7. The first-order valence-electron chi connectivity index (χ1n) is 8.70. The van der Waals surface area contributed by atoms with Gasteiger partial charge in [0, 0.05) is 24.7 Å². The fourth-order valence-corrected chi connectivity index (χ4v) is 5.24. The third-order valence-corrected chi connectivity index (χ3v) is 7.37. The van der Waals surface area contributed by atoms with E-state index in [4.69, 9.17) is 0 Å². The summed E-state index contributed by atoms with van der Waals surface area (Å²) < 4.78 is 27.8. The molecule has 1 aliphatic carbocycles. The molecule has 25 heavy (non-hydrogen) atoms. The Morgan fingerprint density at radius 2 is 1.60 bits per heavy atom. The summed E-state index contributed by atoms with van der Waals surface area (Å²) in [5.74, 6) is 0. The summed E-state index contributed by atoms with van der Waals surface area (Å²) in [7, 11) is -3.13. The van der Waals surface area contributed by atoms with E-state index >= 15 is 0 Å². The molecule has 0 atom stereocenters. The van der Waals surface area contributed by atoms with E-state index in [9.17, 15) is 13.2 Å². The van der Waals surface area contributed by atoms with Crippen LogP contribution in [0.2, 0.25) is 0 Å². The normalized spacial score (nSPS) is 19.8. The van der Waals surface area contributed by atoms with Gasteiger partial charge in [-0.1, -0.05) is 30.3 Å². The van der Waals surface area contributed by atoms with E-state index in [0.29, 0.717) is 25.9 Å². The molecule has 7 heteroatoms. The molecule has 132 valence electrons. The predicted molar refractivity (Wildman–Crippen MR) is 95.7 cm³/mol. The second kappa shape index (κ2) is 6.38. The number of rotatable bonds is 4. The topological polar surface area (TPSA) is 72.3 Å². The Morgan fingerprint density at radius 3 is 2.24 bits per heavy atom. The largest absolute Gasteiger partial charge is 0.268 e. The van der Waals surface area contributed by atoms with Gasteiger partial charge in [-0.2, -0.15) is 5.10 Å². The van der Waals surface area contributed by atoms with Crippen molar-refractivity contribution in [1.82, 2.24) is 14.1 Å². The fraction of sp³-hybridized carbons (Fsp3) is 0.444. The van der Waals surface area contributed by atoms with Crippen molar-refractivity contribution in [3.63, 3.8) is 0 Å². The zero-order valence-electron chi connectivity index (χ0n) is 13.9. The lowest BCUT2D eigenvalue weighted by Gasteiger charge is -2.31. The molecule has 1 aliphatic heterocycles. The molecular weight excluding hydrogens is 338 g/mol. The Hall–Kier alpha value is -1.99. The average Bonchev–Trinajstić information content (AvgIpc) is 3.49. The Morgan fingerprint density at radius 1 is 0.920 bits per heavy atom. The van der Waals surface area contributed by atoms with Gasteiger partial charge >= 0.3 is 0 Å². The molecule has 1 aromatic carbocycles. The standard InChI is InChI=1S/C18H21N3O3S/c22-18-9-8-17(14-4-2-1-3-5-14)19-21(18)15-10-12-20(13-11-15)25(23,24)16-6-7-16/h1-5,8-9,15-16H,6-7,10-13H2. The van der Waals surface area contributed by atoms with E-state index in [0.717, 1.165) is 24.1 Å². The molecule has 0 radical (unpaired) electrons. The van der Waals surface area contributed by atoms with E-state index in [-0.39, 0.29) is 16.9 Å². The van der Waals surface area contributed by atoms with Gasteiger partial charge in [0.15, 0.2) is 0 Å². The summed E-state index contributed by atoms with van der Waals surface area (Å²) >= 11 is 0. The van der Waals surface area contributed by atoms with Crippen LogP contribution in [0.5, 0.6) is 0 Å². The van der Waals surface area contributed by atoms with Crippen LogP contribution in [0.4, 0.5) is 0 Å². The van der Waals surface area contributed by atoms with Gasteiger partial charge in [0.05, 0.1) is 17.0 Å².